The molecule has 2 atom stereocenters. The van der Waals surface area contributed by atoms with Gasteiger partial charge in [0.2, 0.25) is 5.91 Å². The fourth-order valence-corrected chi connectivity index (χ4v) is 4.86. The van der Waals surface area contributed by atoms with E-state index in [2.05, 4.69) is 34.4 Å². The summed E-state index contributed by atoms with van der Waals surface area (Å²) in [5.41, 5.74) is 2.30. The van der Waals surface area contributed by atoms with Crippen LogP contribution < -0.4 is 10.6 Å². The van der Waals surface area contributed by atoms with Crippen LogP contribution in [0.15, 0.2) is 54.7 Å². The second kappa shape index (κ2) is 11.7. The highest BCUT2D eigenvalue weighted by Crippen LogP contribution is 2.20. The van der Waals surface area contributed by atoms with Crippen LogP contribution in [0.1, 0.15) is 29.8 Å². The normalized spacial score (nSPS) is 16.2. The average molecular weight is 497 g/mol. The largest absolute Gasteiger partial charge is 0.379 e. The molecule has 1 aliphatic heterocycles. The van der Waals surface area contributed by atoms with Crippen LogP contribution in [0.4, 0.5) is 0 Å². The summed E-state index contributed by atoms with van der Waals surface area (Å²) in [6.45, 7) is 7.93. The highest BCUT2D eigenvalue weighted by atomic mass is 35.5. The van der Waals surface area contributed by atoms with E-state index in [0.29, 0.717) is 42.7 Å². The van der Waals surface area contributed by atoms with Crippen LogP contribution in [0.25, 0.3) is 10.9 Å². The lowest BCUT2D eigenvalue weighted by molar-refractivity contribution is -0.123. The molecule has 1 fully saturated rings. The molecule has 35 heavy (non-hydrogen) atoms. The van der Waals surface area contributed by atoms with Crippen molar-refractivity contribution >= 4 is 34.3 Å². The first-order chi connectivity index (χ1) is 16.9. The first-order valence-corrected chi connectivity index (χ1v) is 12.5. The Bertz CT molecular complexity index is 1160. The monoisotopic (exact) mass is 496 g/mol. The van der Waals surface area contributed by atoms with E-state index >= 15 is 0 Å². The first-order valence-electron chi connectivity index (χ1n) is 12.1. The van der Waals surface area contributed by atoms with Gasteiger partial charge in [-0.15, -0.1) is 0 Å². The molecule has 3 aromatic rings. The van der Waals surface area contributed by atoms with Gasteiger partial charge in [-0.2, -0.15) is 0 Å². The third-order valence-electron chi connectivity index (χ3n) is 6.61. The van der Waals surface area contributed by atoms with Gasteiger partial charge in [0.05, 0.1) is 23.8 Å². The molecule has 3 N–H and O–H groups in total. The Morgan fingerprint density at radius 3 is 2.54 bits per heavy atom. The third-order valence-corrected chi connectivity index (χ3v) is 6.94. The van der Waals surface area contributed by atoms with E-state index < -0.39 is 6.04 Å². The van der Waals surface area contributed by atoms with Gasteiger partial charge in [-0.1, -0.05) is 55.8 Å². The van der Waals surface area contributed by atoms with Crippen LogP contribution in [0.2, 0.25) is 5.02 Å². The van der Waals surface area contributed by atoms with Crippen LogP contribution in [-0.2, 0) is 16.0 Å². The summed E-state index contributed by atoms with van der Waals surface area (Å²) in [5.74, 6) is -0.225. The lowest BCUT2D eigenvalue weighted by atomic mass is 10.0. The topological polar surface area (TPSA) is 86.5 Å². The number of amides is 2. The van der Waals surface area contributed by atoms with Gasteiger partial charge in [0.25, 0.3) is 5.91 Å². The van der Waals surface area contributed by atoms with Crippen molar-refractivity contribution in [2.24, 2.45) is 5.92 Å². The van der Waals surface area contributed by atoms with Gasteiger partial charge >= 0.3 is 0 Å². The van der Waals surface area contributed by atoms with Crippen LogP contribution in [-0.4, -0.2) is 66.6 Å². The molecule has 2 amide bonds. The zero-order valence-corrected chi connectivity index (χ0v) is 21.0. The standard InChI is InChI=1S/C27H33ClN4O3/c1-18(2)25(32-11-13-35-14-12-32)17-30-27(34)24(31-26(33)21-8-3-5-9-22(21)28)15-19-16-29-23-10-6-4-7-20(19)23/h3-10,16,18,24-25,29H,11-15,17H2,1-2H3,(H,30,34)(H,31,33). The maximum absolute atomic E-state index is 13.5. The number of hydrogen-bond acceptors (Lipinski definition) is 4. The van der Waals surface area contributed by atoms with E-state index in [0.717, 1.165) is 29.6 Å². The number of H-pyrrole nitrogens is 1. The molecule has 0 saturated carbocycles. The van der Waals surface area contributed by atoms with Gasteiger partial charge in [0.1, 0.15) is 6.04 Å². The number of aromatic amines is 1. The maximum Gasteiger partial charge on any atom is 0.253 e. The Kier molecular flexibility index (Phi) is 8.44. The Labute approximate surface area is 211 Å². The van der Waals surface area contributed by atoms with Gasteiger partial charge in [0.15, 0.2) is 0 Å². The molecule has 2 aromatic carbocycles. The number of morpholine rings is 1. The molecule has 0 bridgehead atoms. The fourth-order valence-electron chi connectivity index (χ4n) is 4.63. The van der Waals surface area contributed by atoms with E-state index in [9.17, 15) is 9.59 Å². The van der Waals surface area contributed by atoms with E-state index in [1.54, 1.807) is 24.3 Å². The fraction of sp³-hybridized carbons (Fsp3) is 0.407. The van der Waals surface area contributed by atoms with Crippen LogP contribution in [0.3, 0.4) is 0 Å². The van der Waals surface area contributed by atoms with E-state index in [1.165, 1.54) is 0 Å². The second-order valence-corrected chi connectivity index (χ2v) is 9.68. The lowest BCUT2D eigenvalue weighted by Crippen LogP contribution is -2.54. The summed E-state index contributed by atoms with van der Waals surface area (Å²) >= 11 is 6.24. The molecule has 7 nitrogen and oxygen atoms in total. The van der Waals surface area contributed by atoms with Crippen molar-refractivity contribution in [3.05, 3.63) is 70.9 Å². The zero-order valence-electron chi connectivity index (χ0n) is 20.2. The van der Waals surface area contributed by atoms with Crippen molar-refractivity contribution in [1.82, 2.24) is 20.5 Å². The highest BCUT2D eigenvalue weighted by molar-refractivity contribution is 6.33. The Balaban J connectivity index is 1.52. The maximum atomic E-state index is 13.5. The number of nitrogens with zero attached hydrogens (tertiary/aromatic N) is 1. The van der Waals surface area contributed by atoms with Crippen molar-refractivity contribution < 1.29 is 14.3 Å². The smallest absolute Gasteiger partial charge is 0.253 e. The molecule has 2 unspecified atom stereocenters. The number of carbonyl (C=O) groups is 2. The summed E-state index contributed by atoms with van der Waals surface area (Å²) < 4.78 is 5.49. The van der Waals surface area contributed by atoms with Crippen LogP contribution in [0, 0.1) is 5.92 Å². The molecule has 8 heteroatoms. The van der Waals surface area contributed by atoms with Gasteiger partial charge in [-0.3, -0.25) is 14.5 Å². The quantitative estimate of drug-likeness (QED) is 0.422. The average Bonchev–Trinajstić information content (AvgIpc) is 3.27. The molecule has 1 saturated heterocycles. The molecule has 186 valence electrons. The number of hydrogen-bond donors (Lipinski definition) is 3. The van der Waals surface area contributed by atoms with Crippen molar-refractivity contribution in [1.29, 1.82) is 0 Å². The first kappa shape index (κ1) is 25.2. The number of benzene rings is 2. The SMILES string of the molecule is CC(C)C(CNC(=O)C(Cc1c[nH]c2ccccc12)NC(=O)c1ccccc1Cl)N1CCOCC1. The number of rotatable bonds is 9. The number of carbonyl (C=O) groups excluding carboxylic acids is 2. The summed E-state index contributed by atoms with van der Waals surface area (Å²) in [6.07, 6.45) is 2.26. The number of ether oxygens (including phenoxy) is 1. The van der Waals surface area contributed by atoms with Gasteiger partial charge < -0.3 is 20.4 Å². The van der Waals surface area contributed by atoms with E-state index in [1.807, 2.05) is 30.5 Å². The predicted molar refractivity (Wildman–Crippen MR) is 139 cm³/mol. The molecular weight excluding hydrogens is 464 g/mol. The van der Waals surface area contributed by atoms with Gasteiger partial charge in [-0.05, 0) is 29.7 Å². The minimum atomic E-state index is -0.754. The van der Waals surface area contributed by atoms with E-state index in [-0.39, 0.29) is 17.9 Å². The number of halogens is 1. The minimum Gasteiger partial charge on any atom is -0.379 e. The molecule has 1 aromatic heterocycles. The molecule has 4 rings (SSSR count). The van der Waals surface area contributed by atoms with Crippen molar-refractivity contribution in [2.75, 3.05) is 32.8 Å². The highest BCUT2D eigenvalue weighted by Gasteiger charge is 2.28. The van der Waals surface area contributed by atoms with Crippen molar-refractivity contribution in [2.45, 2.75) is 32.4 Å². The number of para-hydroxylation sites is 1. The Morgan fingerprint density at radius 1 is 1.09 bits per heavy atom. The van der Waals surface area contributed by atoms with Crippen molar-refractivity contribution in [3.63, 3.8) is 0 Å². The Morgan fingerprint density at radius 2 is 1.80 bits per heavy atom. The van der Waals surface area contributed by atoms with Gasteiger partial charge in [-0.25, -0.2) is 0 Å². The minimum absolute atomic E-state index is 0.191. The number of fused-ring (bicyclic) bond motifs is 1. The van der Waals surface area contributed by atoms with E-state index in [4.69, 9.17) is 16.3 Å². The lowest BCUT2D eigenvalue weighted by Gasteiger charge is -2.37. The van der Waals surface area contributed by atoms with Gasteiger partial charge in [0, 0.05) is 49.2 Å². The summed E-state index contributed by atoms with van der Waals surface area (Å²) in [4.78, 5) is 32.1. The van der Waals surface area contributed by atoms with Crippen LogP contribution in [0.5, 0.6) is 0 Å². The summed E-state index contributed by atoms with van der Waals surface area (Å²) in [7, 11) is 0. The third kappa shape index (κ3) is 6.23. The molecule has 2 heterocycles. The zero-order chi connectivity index (χ0) is 24.8. The van der Waals surface area contributed by atoms with Crippen molar-refractivity contribution in [3.8, 4) is 0 Å². The number of nitrogens with one attached hydrogen (secondary N) is 3. The molecule has 1 aliphatic rings. The summed E-state index contributed by atoms with van der Waals surface area (Å²) in [5, 5.41) is 7.42. The number of aromatic nitrogens is 1. The van der Waals surface area contributed by atoms with Crippen LogP contribution >= 0.6 is 11.6 Å². The predicted octanol–water partition coefficient (Wildman–Crippen LogP) is 3.64. The molecule has 0 spiro atoms. The second-order valence-electron chi connectivity index (χ2n) is 9.27. The molecular formula is C27H33ClN4O3. The molecule has 0 radical (unpaired) electrons. The molecule has 0 aliphatic carbocycles. The summed E-state index contributed by atoms with van der Waals surface area (Å²) in [6, 6.07) is 14.2. The Hall–Kier alpha value is -2.87.